The second kappa shape index (κ2) is 3.72. The van der Waals surface area contributed by atoms with E-state index in [-0.39, 0.29) is 11.4 Å². The molecule has 0 bridgehead atoms. The Morgan fingerprint density at radius 2 is 2.00 bits per heavy atom. The molecule has 15 heavy (non-hydrogen) atoms. The average molecular weight is 244 g/mol. The zero-order valence-corrected chi connectivity index (χ0v) is 9.28. The van der Waals surface area contributed by atoms with Crippen molar-refractivity contribution in [1.29, 1.82) is 0 Å². The van der Waals surface area contributed by atoms with Gasteiger partial charge in [-0.2, -0.15) is 0 Å². The highest BCUT2D eigenvalue weighted by Crippen LogP contribution is 2.25. The Balaban J connectivity index is 2.82. The molecule has 0 fully saturated rings. The Morgan fingerprint density at radius 3 is 2.67 bits per heavy atom. The molecule has 78 valence electrons. The molecule has 0 aliphatic rings. The van der Waals surface area contributed by atoms with Gasteiger partial charge in [-0.15, -0.1) is 0 Å². The van der Waals surface area contributed by atoms with Crippen molar-refractivity contribution in [3.8, 4) is 0 Å². The predicted molar refractivity (Wildman–Crippen MR) is 61.9 cm³/mol. The van der Waals surface area contributed by atoms with Crippen LogP contribution in [0.1, 0.15) is 0 Å². The SMILES string of the molecule is CNc1nc2cc(Cl)c(Cl)cc2[nH]c1=O. The summed E-state index contributed by atoms with van der Waals surface area (Å²) in [6, 6.07) is 3.18. The predicted octanol–water partition coefficient (Wildman–Crippen LogP) is 2.27. The minimum atomic E-state index is -0.289. The fourth-order valence-corrected chi connectivity index (χ4v) is 1.57. The summed E-state index contributed by atoms with van der Waals surface area (Å²) in [6.07, 6.45) is 0. The molecular formula is C9H7Cl2N3O. The van der Waals surface area contributed by atoms with E-state index in [1.54, 1.807) is 19.2 Å². The van der Waals surface area contributed by atoms with Gasteiger partial charge in [0.25, 0.3) is 5.56 Å². The first-order valence-corrected chi connectivity index (χ1v) is 4.94. The number of nitrogens with zero attached hydrogens (tertiary/aromatic N) is 1. The Hall–Kier alpha value is -1.26. The van der Waals surface area contributed by atoms with E-state index in [1.807, 2.05) is 0 Å². The van der Waals surface area contributed by atoms with E-state index in [2.05, 4.69) is 15.3 Å². The number of halogens is 2. The Kier molecular flexibility index (Phi) is 2.54. The lowest BCUT2D eigenvalue weighted by Gasteiger charge is -2.02. The van der Waals surface area contributed by atoms with E-state index in [0.29, 0.717) is 21.1 Å². The molecule has 1 heterocycles. The van der Waals surface area contributed by atoms with Crippen LogP contribution in [0.15, 0.2) is 16.9 Å². The maximum atomic E-state index is 11.4. The number of hydrogen-bond donors (Lipinski definition) is 2. The zero-order valence-electron chi connectivity index (χ0n) is 7.77. The highest BCUT2D eigenvalue weighted by Gasteiger charge is 2.05. The third kappa shape index (κ3) is 1.78. The van der Waals surface area contributed by atoms with Crippen LogP contribution in [0.25, 0.3) is 11.0 Å². The minimum absolute atomic E-state index is 0.251. The normalized spacial score (nSPS) is 10.6. The Morgan fingerprint density at radius 1 is 1.33 bits per heavy atom. The van der Waals surface area contributed by atoms with Crippen LogP contribution in [0.2, 0.25) is 10.0 Å². The third-order valence-corrected chi connectivity index (χ3v) is 2.69. The van der Waals surface area contributed by atoms with Crippen LogP contribution in [0.4, 0.5) is 5.82 Å². The van der Waals surface area contributed by atoms with Crippen molar-refractivity contribution in [1.82, 2.24) is 9.97 Å². The van der Waals surface area contributed by atoms with Crippen molar-refractivity contribution in [3.63, 3.8) is 0 Å². The van der Waals surface area contributed by atoms with Crippen LogP contribution in [0.3, 0.4) is 0 Å². The molecule has 1 aromatic heterocycles. The topological polar surface area (TPSA) is 57.8 Å². The highest BCUT2D eigenvalue weighted by molar-refractivity contribution is 6.42. The van der Waals surface area contributed by atoms with E-state index in [0.717, 1.165) is 0 Å². The van der Waals surface area contributed by atoms with Crippen molar-refractivity contribution < 1.29 is 0 Å². The number of hydrogen-bond acceptors (Lipinski definition) is 3. The molecule has 0 amide bonds. The number of fused-ring (bicyclic) bond motifs is 1. The van der Waals surface area contributed by atoms with Gasteiger partial charge in [-0.05, 0) is 12.1 Å². The number of anilines is 1. The summed E-state index contributed by atoms with van der Waals surface area (Å²) in [7, 11) is 1.63. The molecule has 0 atom stereocenters. The molecule has 6 heteroatoms. The molecular weight excluding hydrogens is 237 g/mol. The quantitative estimate of drug-likeness (QED) is 0.808. The number of rotatable bonds is 1. The van der Waals surface area contributed by atoms with Crippen LogP contribution in [0, 0.1) is 0 Å². The lowest BCUT2D eigenvalue weighted by molar-refractivity contribution is 1.20. The van der Waals surface area contributed by atoms with Gasteiger partial charge in [0, 0.05) is 7.05 Å². The van der Waals surface area contributed by atoms with Crippen molar-refractivity contribution in [2.45, 2.75) is 0 Å². The zero-order chi connectivity index (χ0) is 11.0. The van der Waals surface area contributed by atoms with E-state index in [4.69, 9.17) is 23.2 Å². The van der Waals surface area contributed by atoms with Gasteiger partial charge in [0.05, 0.1) is 21.1 Å². The smallest absolute Gasteiger partial charge is 0.291 e. The van der Waals surface area contributed by atoms with Crippen LogP contribution >= 0.6 is 23.2 Å². The van der Waals surface area contributed by atoms with Gasteiger partial charge in [-0.25, -0.2) is 4.98 Å². The van der Waals surface area contributed by atoms with Crippen molar-refractivity contribution in [2.75, 3.05) is 12.4 Å². The number of aromatic amines is 1. The standard InChI is InChI=1S/C9H7Cl2N3O/c1-12-8-9(15)14-7-3-5(11)4(10)2-6(7)13-8/h2-3H,1H3,(H,12,13)(H,14,15). The molecule has 0 spiro atoms. The van der Waals surface area contributed by atoms with Gasteiger partial charge in [0.1, 0.15) is 0 Å². The van der Waals surface area contributed by atoms with Crippen LogP contribution < -0.4 is 10.9 Å². The molecule has 0 saturated carbocycles. The number of aromatic nitrogens is 2. The first-order valence-electron chi connectivity index (χ1n) is 4.18. The molecule has 0 aliphatic heterocycles. The molecule has 0 aliphatic carbocycles. The monoisotopic (exact) mass is 243 g/mol. The summed E-state index contributed by atoms with van der Waals surface area (Å²) in [4.78, 5) is 18.2. The number of benzene rings is 1. The van der Waals surface area contributed by atoms with Crippen molar-refractivity contribution in [3.05, 3.63) is 32.5 Å². The average Bonchev–Trinajstić information content (AvgIpc) is 2.20. The molecule has 0 unspecified atom stereocenters. The summed E-state index contributed by atoms with van der Waals surface area (Å²) >= 11 is 11.7. The number of H-pyrrole nitrogens is 1. The molecule has 2 aromatic rings. The van der Waals surface area contributed by atoms with Gasteiger partial charge in [-0.1, -0.05) is 23.2 Å². The molecule has 0 saturated heterocycles. The van der Waals surface area contributed by atoms with Gasteiger partial charge in [-0.3, -0.25) is 4.79 Å². The lowest BCUT2D eigenvalue weighted by Crippen LogP contribution is -2.13. The number of nitrogens with one attached hydrogen (secondary N) is 2. The Labute approximate surface area is 95.2 Å². The first-order chi connectivity index (χ1) is 7.11. The van der Waals surface area contributed by atoms with Gasteiger partial charge < -0.3 is 10.3 Å². The van der Waals surface area contributed by atoms with Gasteiger partial charge >= 0.3 is 0 Å². The summed E-state index contributed by atoms with van der Waals surface area (Å²) < 4.78 is 0. The molecule has 1 aromatic carbocycles. The third-order valence-electron chi connectivity index (χ3n) is 1.97. The summed E-state index contributed by atoms with van der Waals surface area (Å²) in [5.74, 6) is 0.251. The van der Waals surface area contributed by atoms with E-state index in [9.17, 15) is 4.79 Å². The van der Waals surface area contributed by atoms with Crippen molar-refractivity contribution in [2.24, 2.45) is 0 Å². The van der Waals surface area contributed by atoms with Crippen LogP contribution in [-0.2, 0) is 0 Å². The minimum Gasteiger partial charge on any atom is -0.369 e. The lowest BCUT2D eigenvalue weighted by atomic mass is 10.3. The van der Waals surface area contributed by atoms with Crippen LogP contribution in [-0.4, -0.2) is 17.0 Å². The first kappa shape index (κ1) is 10.3. The van der Waals surface area contributed by atoms with Crippen molar-refractivity contribution >= 4 is 40.1 Å². The van der Waals surface area contributed by atoms with Gasteiger partial charge in [0.15, 0.2) is 5.82 Å². The molecule has 4 nitrogen and oxygen atoms in total. The largest absolute Gasteiger partial charge is 0.369 e. The summed E-state index contributed by atoms with van der Waals surface area (Å²) in [5.41, 5.74) is 0.866. The summed E-state index contributed by atoms with van der Waals surface area (Å²) in [5, 5.41) is 3.49. The van der Waals surface area contributed by atoms with Gasteiger partial charge in [0.2, 0.25) is 0 Å². The fraction of sp³-hybridized carbons (Fsp3) is 0.111. The molecule has 0 radical (unpaired) electrons. The van der Waals surface area contributed by atoms with E-state index >= 15 is 0 Å². The highest BCUT2D eigenvalue weighted by atomic mass is 35.5. The van der Waals surface area contributed by atoms with Crippen LogP contribution in [0.5, 0.6) is 0 Å². The van der Waals surface area contributed by atoms with E-state index in [1.165, 1.54) is 0 Å². The Bertz CT molecular complexity index is 579. The maximum Gasteiger partial charge on any atom is 0.291 e. The fourth-order valence-electron chi connectivity index (χ4n) is 1.25. The second-order valence-corrected chi connectivity index (χ2v) is 3.76. The molecule has 2 rings (SSSR count). The second-order valence-electron chi connectivity index (χ2n) is 2.95. The summed E-state index contributed by atoms with van der Waals surface area (Å²) in [6.45, 7) is 0. The molecule has 2 N–H and O–H groups in total. The van der Waals surface area contributed by atoms with E-state index < -0.39 is 0 Å². The maximum absolute atomic E-state index is 11.4.